The van der Waals surface area contributed by atoms with Crippen LogP contribution in [0.1, 0.15) is 15.9 Å². The highest BCUT2D eigenvalue weighted by molar-refractivity contribution is 6.01. The molecule has 2 rings (SSSR count). The van der Waals surface area contributed by atoms with E-state index in [9.17, 15) is 9.59 Å². The summed E-state index contributed by atoms with van der Waals surface area (Å²) in [4.78, 5) is 25.0. The summed E-state index contributed by atoms with van der Waals surface area (Å²) in [5.74, 6) is 4.97. The Balaban J connectivity index is 2.46. The number of primary amides is 1. The van der Waals surface area contributed by atoms with E-state index in [1.807, 2.05) is 24.3 Å². The van der Waals surface area contributed by atoms with Gasteiger partial charge in [0.15, 0.2) is 0 Å². The van der Waals surface area contributed by atoms with Crippen LogP contribution in [0.2, 0.25) is 0 Å². The minimum absolute atomic E-state index is 0.150. The Hall–Kier alpha value is -2.64. The summed E-state index contributed by atoms with van der Waals surface area (Å²) in [6.45, 7) is 0.449. The van der Waals surface area contributed by atoms with E-state index in [0.717, 1.165) is 16.1 Å². The number of benzene rings is 1. The molecule has 1 aromatic carbocycles. The Bertz CT molecular complexity index is 633. The number of hydrogen-bond acceptors (Lipinski definition) is 4. The quantitative estimate of drug-likeness (QED) is 0.266. The number of H-pyrrole nitrogens is 1. The lowest BCUT2D eigenvalue weighted by Gasteiger charge is -2.08. The summed E-state index contributed by atoms with van der Waals surface area (Å²) in [6.07, 6.45) is 0.388. The summed E-state index contributed by atoms with van der Waals surface area (Å²) < 4.78 is 0. The van der Waals surface area contributed by atoms with Crippen LogP contribution in [0.15, 0.2) is 30.3 Å². The molecule has 7 N–H and O–H groups in total. The van der Waals surface area contributed by atoms with Crippen LogP contribution in [0, 0.1) is 0 Å². The topological polar surface area (TPSA) is 131 Å². The molecule has 0 aliphatic heterocycles. The molecule has 0 unspecified atom stereocenters. The Morgan fingerprint density at radius 3 is 2.45 bits per heavy atom. The van der Waals surface area contributed by atoms with Crippen molar-refractivity contribution in [3.63, 3.8) is 0 Å². The molecule has 0 saturated carbocycles. The molecule has 0 spiro atoms. The molecule has 0 aliphatic rings. The number of nitrogens with one attached hydrogen (secondary N) is 1. The third kappa shape index (κ3) is 2.53. The van der Waals surface area contributed by atoms with Crippen molar-refractivity contribution in [1.82, 2.24) is 4.98 Å². The number of carbonyl (C=O) groups is 2. The fourth-order valence-electron chi connectivity index (χ4n) is 1.86. The van der Waals surface area contributed by atoms with Crippen molar-refractivity contribution >= 4 is 18.1 Å². The van der Waals surface area contributed by atoms with E-state index in [-0.39, 0.29) is 11.4 Å². The monoisotopic (exact) mass is 273 g/mol. The van der Waals surface area contributed by atoms with Crippen molar-refractivity contribution < 1.29 is 9.59 Å². The Kier molecular flexibility index (Phi) is 3.83. The molecule has 0 bridgehead atoms. The predicted octanol–water partition coefficient (Wildman–Crippen LogP) is 0.0758. The average Bonchev–Trinajstić information content (AvgIpc) is 2.92. The van der Waals surface area contributed by atoms with Gasteiger partial charge < -0.3 is 16.5 Å². The van der Waals surface area contributed by atoms with E-state index in [4.69, 9.17) is 17.3 Å². The van der Waals surface area contributed by atoms with Gasteiger partial charge >= 0.3 is 0 Å². The smallest absolute Gasteiger partial charge is 0.252 e. The zero-order valence-corrected chi connectivity index (χ0v) is 10.7. The molecule has 1 heterocycles. The fourth-order valence-corrected chi connectivity index (χ4v) is 1.86. The van der Waals surface area contributed by atoms with Crippen LogP contribution in [-0.2, 0) is 11.3 Å². The first-order valence-electron chi connectivity index (χ1n) is 5.88. The van der Waals surface area contributed by atoms with Crippen molar-refractivity contribution in [1.29, 1.82) is 0 Å². The third-order valence-electron chi connectivity index (χ3n) is 2.93. The van der Waals surface area contributed by atoms with Gasteiger partial charge in [0.2, 0.25) is 6.41 Å². The molecule has 2 amide bonds. The van der Waals surface area contributed by atoms with E-state index in [1.54, 1.807) is 6.07 Å². The molecule has 7 nitrogen and oxygen atoms in total. The Morgan fingerprint density at radius 1 is 1.30 bits per heavy atom. The molecule has 0 radical (unpaired) electrons. The predicted molar refractivity (Wildman–Crippen MR) is 75.4 cm³/mol. The minimum Gasteiger partial charge on any atom is -0.365 e. The van der Waals surface area contributed by atoms with Crippen LogP contribution in [-0.4, -0.2) is 17.3 Å². The van der Waals surface area contributed by atoms with Crippen LogP contribution in [0.3, 0.4) is 0 Å². The molecule has 2 aromatic rings. The second kappa shape index (κ2) is 5.55. The lowest BCUT2D eigenvalue weighted by Crippen LogP contribution is -2.31. The summed E-state index contributed by atoms with van der Waals surface area (Å²) in [5.41, 5.74) is 13.4. The van der Waals surface area contributed by atoms with Crippen LogP contribution in [0.4, 0.5) is 5.82 Å². The number of hydrogen-bond donors (Lipinski definition) is 4. The van der Waals surface area contributed by atoms with E-state index < -0.39 is 5.91 Å². The van der Waals surface area contributed by atoms with Gasteiger partial charge in [-0.15, -0.1) is 0 Å². The van der Waals surface area contributed by atoms with Crippen molar-refractivity contribution in [3.05, 3.63) is 41.5 Å². The van der Waals surface area contributed by atoms with Crippen LogP contribution in [0.5, 0.6) is 0 Å². The third-order valence-corrected chi connectivity index (χ3v) is 2.93. The maximum absolute atomic E-state index is 11.4. The maximum Gasteiger partial charge on any atom is 0.252 e. The Morgan fingerprint density at radius 2 is 1.95 bits per heavy atom. The maximum atomic E-state index is 11.4. The first kappa shape index (κ1) is 13.8. The number of anilines is 1. The zero-order valence-electron chi connectivity index (χ0n) is 10.7. The summed E-state index contributed by atoms with van der Waals surface area (Å²) in [7, 11) is 0. The van der Waals surface area contributed by atoms with Gasteiger partial charge in [0, 0.05) is 12.2 Å². The fraction of sp³-hybridized carbons (Fsp3) is 0.0769. The first-order valence-corrected chi connectivity index (χ1v) is 5.88. The number of rotatable bonds is 5. The molecule has 0 aliphatic carbocycles. The van der Waals surface area contributed by atoms with Crippen LogP contribution in [0.25, 0.3) is 11.3 Å². The number of aromatic nitrogens is 1. The van der Waals surface area contributed by atoms with Gasteiger partial charge in [-0.2, -0.15) is 0 Å². The first-order chi connectivity index (χ1) is 9.56. The Labute approximate surface area is 115 Å². The van der Waals surface area contributed by atoms with Crippen LogP contribution >= 0.6 is 0 Å². The minimum atomic E-state index is -0.668. The number of nitrogens with zero attached hydrogens (tertiary/aromatic N) is 1. The second-order valence-electron chi connectivity index (χ2n) is 4.22. The largest absolute Gasteiger partial charge is 0.365 e. The molecule has 104 valence electrons. The highest BCUT2D eigenvalue weighted by Crippen LogP contribution is 2.26. The van der Waals surface area contributed by atoms with Crippen molar-refractivity contribution in [2.45, 2.75) is 6.54 Å². The molecule has 1 aromatic heterocycles. The van der Waals surface area contributed by atoms with Crippen LogP contribution < -0.4 is 22.3 Å². The zero-order chi connectivity index (χ0) is 14.7. The molecule has 20 heavy (non-hydrogen) atoms. The average molecular weight is 273 g/mol. The number of hydrazine groups is 1. The van der Waals surface area contributed by atoms with Gasteiger partial charge in [-0.05, 0) is 17.2 Å². The molecular weight excluding hydrogens is 258 g/mol. The van der Waals surface area contributed by atoms with Gasteiger partial charge in [-0.3, -0.25) is 9.59 Å². The van der Waals surface area contributed by atoms with Gasteiger partial charge in [0.1, 0.15) is 5.82 Å². The summed E-state index contributed by atoms with van der Waals surface area (Å²) in [5, 5.41) is 0.776. The number of aromatic amines is 1. The van der Waals surface area contributed by atoms with Crippen molar-refractivity contribution in [3.8, 4) is 11.3 Å². The van der Waals surface area contributed by atoms with Gasteiger partial charge in [-0.1, -0.05) is 24.3 Å². The second-order valence-corrected chi connectivity index (χ2v) is 4.22. The van der Waals surface area contributed by atoms with Crippen molar-refractivity contribution in [2.24, 2.45) is 17.3 Å². The normalized spacial score (nSPS) is 10.3. The molecule has 0 atom stereocenters. The highest BCUT2D eigenvalue weighted by atomic mass is 16.1. The molecular formula is C13H15N5O2. The number of nitrogens with two attached hydrogens (primary N) is 3. The summed E-state index contributed by atoms with van der Waals surface area (Å²) in [6, 6.07) is 9.01. The SMILES string of the molecule is NCc1ccc(-c2cc(C(N)=O)c(N(N)C=O)[nH]2)cc1. The lowest BCUT2D eigenvalue weighted by atomic mass is 10.1. The van der Waals surface area contributed by atoms with E-state index in [1.165, 1.54) is 0 Å². The lowest BCUT2D eigenvalue weighted by molar-refractivity contribution is -0.107. The van der Waals surface area contributed by atoms with Gasteiger partial charge in [0.05, 0.1) is 5.56 Å². The molecule has 0 saturated heterocycles. The molecule has 0 fully saturated rings. The van der Waals surface area contributed by atoms with Gasteiger partial charge in [0.25, 0.3) is 5.91 Å². The molecule has 7 heteroatoms. The van der Waals surface area contributed by atoms with E-state index in [0.29, 0.717) is 18.6 Å². The highest BCUT2D eigenvalue weighted by Gasteiger charge is 2.17. The van der Waals surface area contributed by atoms with E-state index in [2.05, 4.69) is 4.98 Å². The number of carbonyl (C=O) groups excluding carboxylic acids is 2. The van der Waals surface area contributed by atoms with Gasteiger partial charge in [-0.25, -0.2) is 10.9 Å². The van der Waals surface area contributed by atoms with E-state index >= 15 is 0 Å². The van der Waals surface area contributed by atoms with Crippen molar-refractivity contribution in [2.75, 3.05) is 5.01 Å². The summed E-state index contributed by atoms with van der Waals surface area (Å²) >= 11 is 0. The number of amides is 2. The standard InChI is InChI=1S/C13H15N5O2/c14-6-8-1-3-9(4-2-8)11-5-10(12(15)20)13(17-11)18(16)7-19/h1-5,7,17H,6,14,16H2,(H2,15,20).